The molecule has 0 aromatic carbocycles. The fourth-order valence-electron chi connectivity index (χ4n) is 6.82. The summed E-state index contributed by atoms with van der Waals surface area (Å²) in [6, 6.07) is -0.638. The van der Waals surface area contributed by atoms with Crippen LogP contribution in [0.15, 0.2) is 48.6 Å². The second-order valence-corrected chi connectivity index (χ2v) is 16.1. The van der Waals surface area contributed by atoms with Gasteiger partial charge < -0.3 is 20.3 Å². The molecule has 6 heteroatoms. The van der Waals surface area contributed by atoms with E-state index < -0.39 is 12.1 Å². The lowest BCUT2D eigenvalue weighted by atomic mass is 10.1. The van der Waals surface area contributed by atoms with Crippen LogP contribution >= 0.6 is 0 Å². The molecule has 0 fully saturated rings. The number of ether oxygens (including phenoxy) is 1. The highest BCUT2D eigenvalue weighted by molar-refractivity contribution is 5.76. The van der Waals surface area contributed by atoms with Gasteiger partial charge in [0.2, 0.25) is 5.91 Å². The second kappa shape index (κ2) is 45.5. The summed E-state index contributed by atoms with van der Waals surface area (Å²) < 4.78 is 5.43. The van der Waals surface area contributed by atoms with Crippen LogP contribution in [0.4, 0.5) is 0 Å². The van der Waals surface area contributed by atoms with Crippen LogP contribution < -0.4 is 5.32 Å². The maximum atomic E-state index is 12.4. The molecular formula is C50H91NO5. The van der Waals surface area contributed by atoms with E-state index in [1.54, 1.807) is 6.08 Å². The fourth-order valence-corrected chi connectivity index (χ4v) is 6.82. The Balaban J connectivity index is 3.52. The van der Waals surface area contributed by atoms with Crippen LogP contribution in [0.25, 0.3) is 0 Å². The van der Waals surface area contributed by atoms with E-state index in [0.29, 0.717) is 19.4 Å². The number of esters is 1. The number of unbranched alkanes of at least 4 members (excludes halogenated alkanes) is 26. The Morgan fingerprint density at radius 2 is 0.911 bits per heavy atom. The van der Waals surface area contributed by atoms with Crippen molar-refractivity contribution in [1.29, 1.82) is 0 Å². The normalized spacial score (nSPS) is 13.1. The van der Waals surface area contributed by atoms with Crippen molar-refractivity contribution in [3.05, 3.63) is 48.6 Å². The van der Waals surface area contributed by atoms with Crippen molar-refractivity contribution in [1.82, 2.24) is 5.32 Å². The molecular weight excluding hydrogens is 695 g/mol. The third kappa shape index (κ3) is 41.5. The molecule has 6 nitrogen and oxygen atoms in total. The number of carbonyl (C=O) groups is 2. The van der Waals surface area contributed by atoms with Crippen molar-refractivity contribution in [2.45, 2.75) is 244 Å². The summed E-state index contributed by atoms with van der Waals surface area (Å²) in [5.41, 5.74) is 0. The first-order valence-corrected chi connectivity index (χ1v) is 23.9. The maximum absolute atomic E-state index is 12.4. The molecule has 0 spiro atoms. The Morgan fingerprint density at radius 1 is 0.500 bits per heavy atom. The Labute approximate surface area is 346 Å². The summed E-state index contributed by atoms with van der Waals surface area (Å²) in [5, 5.41) is 22.9. The average molecular weight is 786 g/mol. The zero-order chi connectivity index (χ0) is 40.8. The van der Waals surface area contributed by atoms with E-state index in [1.165, 1.54) is 122 Å². The third-order valence-corrected chi connectivity index (χ3v) is 10.6. The summed E-state index contributed by atoms with van der Waals surface area (Å²) in [7, 11) is 0. The van der Waals surface area contributed by atoms with E-state index in [4.69, 9.17) is 4.74 Å². The summed E-state index contributed by atoms with van der Waals surface area (Å²) in [5.74, 6) is -0.115. The van der Waals surface area contributed by atoms with E-state index in [2.05, 4.69) is 55.6 Å². The maximum Gasteiger partial charge on any atom is 0.305 e. The van der Waals surface area contributed by atoms with Crippen molar-refractivity contribution in [3.8, 4) is 0 Å². The first-order chi connectivity index (χ1) is 27.5. The van der Waals surface area contributed by atoms with Crippen LogP contribution in [0.5, 0.6) is 0 Å². The lowest BCUT2D eigenvalue weighted by Crippen LogP contribution is -2.45. The Bertz CT molecular complexity index is 957. The van der Waals surface area contributed by atoms with Gasteiger partial charge in [-0.3, -0.25) is 9.59 Å². The zero-order valence-corrected chi connectivity index (χ0v) is 36.8. The Kier molecular flexibility index (Phi) is 43.7. The Hall–Kier alpha value is -2.18. The van der Waals surface area contributed by atoms with Gasteiger partial charge in [-0.1, -0.05) is 184 Å². The molecule has 0 saturated carbocycles. The molecule has 0 aliphatic carbocycles. The molecule has 0 aliphatic rings. The molecule has 0 rings (SSSR count). The molecule has 0 heterocycles. The second-order valence-electron chi connectivity index (χ2n) is 16.1. The standard InChI is InChI=1S/C50H91NO5/c1-3-5-7-9-11-13-15-16-21-24-28-32-36-40-44-50(55)56-45-41-37-33-29-25-22-19-17-18-20-23-27-31-35-39-43-49(54)51-47(46-52)48(53)42-38-34-30-26-14-12-10-8-6-4-2/h9,11,15-16,19,22,38,42,47-48,52-53H,3-8,10,12-14,17-18,20-21,23-37,39-41,43-46H2,1-2H3,(H,51,54)/b11-9-,16-15-,22-19-,42-38+. The molecule has 0 saturated heterocycles. The molecule has 0 aliphatic heterocycles. The van der Waals surface area contributed by atoms with Gasteiger partial charge in [0.15, 0.2) is 0 Å². The zero-order valence-electron chi connectivity index (χ0n) is 36.8. The molecule has 0 radical (unpaired) electrons. The van der Waals surface area contributed by atoms with Crippen molar-refractivity contribution in [2.24, 2.45) is 0 Å². The van der Waals surface area contributed by atoms with E-state index in [9.17, 15) is 19.8 Å². The van der Waals surface area contributed by atoms with E-state index in [-0.39, 0.29) is 18.5 Å². The van der Waals surface area contributed by atoms with Gasteiger partial charge in [-0.2, -0.15) is 0 Å². The summed E-state index contributed by atoms with van der Waals surface area (Å²) in [6.07, 6.45) is 55.3. The lowest BCUT2D eigenvalue weighted by Gasteiger charge is -2.20. The van der Waals surface area contributed by atoms with Crippen LogP contribution in [0.1, 0.15) is 232 Å². The first-order valence-electron chi connectivity index (χ1n) is 23.9. The monoisotopic (exact) mass is 786 g/mol. The molecule has 326 valence electrons. The van der Waals surface area contributed by atoms with Crippen LogP contribution in [0.2, 0.25) is 0 Å². The molecule has 3 N–H and O–H groups in total. The molecule has 0 aromatic heterocycles. The quantitative estimate of drug-likeness (QED) is 0.0325. The number of amides is 1. The molecule has 56 heavy (non-hydrogen) atoms. The van der Waals surface area contributed by atoms with Crippen LogP contribution in [-0.4, -0.2) is 47.4 Å². The van der Waals surface area contributed by atoms with Crippen LogP contribution in [-0.2, 0) is 14.3 Å². The molecule has 0 aromatic rings. The van der Waals surface area contributed by atoms with Gasteiger partial charge >= 0.3 is 5.97 Å². The molecule has 2 unspecified atom stereocenters. The molecule has 2 atom stereocenters. The smallest absolute Gasteiger partial charge is 0.305 e. The van der Waals surface area contributed by atoms with E-state index >= 15 is 0 Å². The SMILES string of the molecule is CCCC/C=C\C/C=C\CCCCCCCC(=O)OCCCCCC/C=C\CCCCCCCCCC(=O)NC(CO)C(O)/C=C/CCCCCCCCCC. The minimum Gasteiger partial charge on any atom is -0.466 e. The summed E-state index contributed by atoms with van der Waals surface area (Å²) in [4.78, 5) is 24.3. The number of hydrogen-bond donors (Lipinski definition) is 3. The fraction of sp³-hybridized carbons (Fsp3) is 0.800. The minimum absolute atomic E-state index is 0.0273. The van der Waals surface area contributed by atoms with Gasteiger partial charge in [0.25, 0.3) is 0 Å². The largest absolute Gasteiger partial charge is 0.466 e. The summed E-state index contributed by atoms with van der Waals surface area (Å²) in [6.45, 7) is 4.78. The first kappa shape index (κ1) is 53.8. The lowest BCUT2D eigenvalue weighted by molar-refractivity contribution is -0.143. The van der Waals surface area contributed by atoms with Gasteiger partial charge in [0, 0.05) is 12.8 Å². The minimum atomic E-state index is -0.853. The van der Waals surface area contributed by atoms with Gasteiger partial charge in [-0.25, -0.2) is 0 Å². The number of aliphatic hydroxyl groups excluding tert-OH is 2. The predicted molar refractivity (Wildman–Crippen MR) is 241 cm³/mol. The van der Waals surface area contributed by atoms with Crippen molar-refractivity contribution < 1.29 is 24.5 Å². The summed E-state index contributed by atoms with van der Waals surface area (Å²) >= 11 is 0. The number of carbonyl (C=O) groups excluding carboxylic acids is 2. The van der Waals surface area contributed by atoms with Gasteiger partial charge in [0.05, 0.1) is 25.4 Å². The number of rotatable bonds is 43. The van der Waals surface area contributed by atoms with Gasteiger partial charge in [0.1, 0.15) is 0 Å². The average Bonchev–Trinajstić information content (AvgIpc) is 3.20. The van der Waals surface area contributed by atoms with E-state index in [1.807, 2.05) is 6.08 Å². The van der Waals surface area contributed by atoms with Gasteiger partial charge in [-0.05, 0) is 83.5 Å². The number of aliphatic hydroxyl groups is 2. The van der Waals surface area contributed by atoms with Gasteiger partial charge in [-0.15, -0.1) is 0 Å². The number of nitrogens with one attached hydrogen (secondary N) is 1. The van der Waals surface area contributed by atoms with Crippen molar-refractivity contribution >= 4 is 11.9 Å². The van der Waals surface area contributed by atoms with E-state index in [0.717, 1.165) is 83.5 Å². The topological polar surface area (TPSA) is 95.9 Å². The Morgan fingerprint density at radius 3 is 1.43 bits per heavy atom. The number of hydrogen-bond acceptors (Lipinski definition) is 5. The van der Waals surface area contributed by atoms with Crippen molar-refractivity contribution in [2.75, 3.05) is 13.2 Å². The molecule has 0 bridgehead atoms. The molecule has 1 amide bonds. The van der Waals surface area contributed by atoms with Crippen LogP contribution in [0, 0.1) is 0 Å². The van der Waals surface area contributed by atoms with Crippen LogP contribution in [0.3, 0.4) is 0 Å². The van der Waals surface area contributed by atoms with Crippen molar-refractivity contribution in [3.63, 3.8) is 0 Å². The highest BCUT2D eigenvalue weighted by Gasteiger charge is 2.18. The number of allylic oxidation sites excluding steroid dienone is 7. The highest BCUT2D eigenvalue weighted by Crippen LogP contribution is 2.13. The third-order valence-electron chi connectivity index (χ3n) is 10.6. The highest BCUT2D eigenvalue weighted by atomic mass is 16.5. The predicted octanol–water partition coefficient (Wildman–Crippen LogP) is 13.9.